The fourth-order valence-electron chi connectivity index (χ4n) is 1.32. The number of aryl methyl sites for hydroxylation is 1. The lowest BCUT2D eigenvalue weighted by atomic mass is 10.2. The van der Waals surface area contributed by atoms with Gasteiger partial charge in [0, 0.05) is 11.8 Å². The van der Waals surface area contributed by atoms with E-state index >= 15 is 0 Å². The van der Waals surface area contributed by atoms with Crippen LogP contribution in [0.15, 0.2) is 24.5 Å². The Kier molecular flexibility index (Phi) is 1.65. The van der Waals surface area contributed by atoms with Gasteiger partial charge in [0.25, 0.3) is 0 Å². The Labute approximate surface area is 76.0 Å². The number of hydrogen-bond acceptors (Lipinski definition) is 2. The Morgan fingerprint density at radius 3 is 2.92 bits per heavy atom. The van der Waals surface area contributed by atoms with Gasteiger partial charge in [-0.1, -0.05) is 0 Å². The van der Waals surface area contributed by atoms with Crippen molar-refractivity contribution in [3.05, 3.63) is 35.7 Å². The number of nitrogens with zero attached hydrogens (tertiary/aromatic N) is 2. The van der Waals surface area contributed by atoms with Crippen LogP contribution in [0.4, 0.5) is 0 Å². The molecule has 0 aliphatic rings. The number of ketones is 1. The molecule has 66 valence electrons. The minimum absolute atomic E-state index is 0.0649. The van der Waals surface area contributed by atoms with Gasteiger partial charge in [-0.3, -0.25) is 4.79 Å². The zero-order valence-electron chi connectivity index (χ0n) is 7.61. The molecule has 2 heterocycles. The molecule has 2 aromatic heterocycles. The third-order valence-corrected chi connectivity index (χ3v) is 2.12. The van der Waals surface area contributed by atoms with Crippen LogP contribution < -0.4 is 0 Å². The SMILES string of the molecule is CC(=O)c1ccc2c(C)cnn2c1. The first kappa shape index (κ1) is 7.98. The van der Waals surface area contributed by atoms with E-state index in [9.17, 15) is 4.79 Å². The molecule has 2 rings (SSSR count). The van der Waals surface area contributed by atoms with E-state index in [2.05, 4.69) is 5.10 Å². The lowest BCUT2D eigenvalue weighted by Gasteiger charge is -1.97. The largest absolute Gasteiger partial charge is 0.294 e. The fraction of sp³-hybridized carbons (Fsp3) is 0.200. The van der Waals surface area contributed by atoms with Gasteiger partial charge in [0.1, 0.15) is 0 Å². The second-order valence-corrected chi connectivity index (χ2v) is 3.13. The molecule has 0 aromatic carbocycles. The Hall–Kier alpha value is -1.64. The summed E-state index contributed by atoms with van der Waals surface area (Å²) in [5.41, 5.74) is 2.86. The number of hydrogen-bond donors (Lipinski definition) is 0. The van der Waals surface area contributed by atoms with Crippen molar-refractivity contribution < 1.29 is 4.79 Å². The summed E-state index contributed by atoms with van der Waals surface area (Å²) in [6.45, 7) is 3.55. The van der Waals surface area contributed by atoms with E-state index in [4.69, 9.17) is 0 Å². The number of Topliss-reactive ketones (excluding diaryl/α,β-unsaturated/α-hetero) is 1. The summed E-state index contributed by atoms with van der Waals surface area (Å²) in [6, 6.07) is 3.74. The van der Waals surface area contributed by atoms with Crippen LogP contribution in [0.5, 0.6) is 0 Å². The molecule has 0 atom stereocenters. The Balaban J connectivity index is 2.70. The van der Waals surface area contributed by atoms with Crippen molar-refractivity contribution in [1.82, 2.24) is 9.61 Å². The van der Waals surface area contributed by atoms with E-state index in [0.717, 1.165) is 11.1 Å². The Morgan fingerprint density at radius 1 is 1.46 bits per heavy atom. The highest BCUT2D eigenvalue weighted by Crippen LogP contribution is 2.10. The van der Waals surface area contributed by atoms with E-state index in [-0.39, 0.29) is 5.78 Å². The molecule has 0 bridgehead atoms. The van der Waals surface area contributed by atoms with Crippen molar-refractivity contribution in [1.29, 1.82) is 0 Å². The van der Waals surface area contributed by atoms with Gasteiger partial charge in [0.05, 0.1) is 11.7 Å². The van der Waals surface area contributed by atoms with Crippen LogP contribution in [0.2, 0.25) is 0 Å². The summed E-state index contributed by atoms with van der Waals surface area (Å²) < 4.78 is 1.73. The Morgan fingerprint density at radius 2 is 2.23 bits per heavy atom. The van der Waals surface area contributed by atoms with E-state index in [1.54, 1.807) is 23.8 Å². The molecule has 3 nitrogen and oxygen atoms in total. The lowest BCUT2D eigenvalue weighted by Crippen LogP contribution is -1.96. The summed E-state index contributed by atoms with van der Waals surface area (Å²) in [5, 5.41) is 4.13. The highest BCUT2D eigenvalue weighted by Gasteiger charge is 2.02. The summed E-state index contributed by atoms with van der Waals surface area (Å²) in [6.07, 6.45) is 3.55. The van der Waals surface area contributed by atoms with Crippen molar-refractivity contribution in [2.75, 3.05) is 0 Å². The van der Waals surface area contributed by atoms with Crippen molar-refractivity contribution in [3.63, 3.8) is 0 Å². The van der Waals surface area contributed by atoms with Crippen LogP contribution in [0, 0.1) is 6.92 Å². The maximum absolute atomic E-state index is 11.1. The molecule has 0 unspecified atom stereocenters. The van der Waals surface area contributed by atoms with E-state index in [1.165, 1.54) is 0 Å². The molecule has 0 fully saturated rings. The van der Waals surface area contributed by atoms with Gasteiger partial charge in [-0.05, 0) is 31.5 Å². The maximum Gasteiger partial charge on any atom is 0.161 e. The van der Waals surface area contributed by atoms with E-state index in [1.807, 2.05) is 19.1 Å². The number of fused-ring (bicyclic) bond motifs is 1. The molecular weight excluding hydrogens is 164 g/mol. The molecule has 0 radical (unpaired) electrons. The van der Waals surface area contributed by atoms with Crippen molar-refractivity contribution in [2.24, 2.45) is 0 Å². The molecule has 0 amide bonds. The normalized spacial score (nSPS) is 10.6. The smallest absolute Gasteiger partial charge is 0.161 e. The number of aromatic nitrogens is 2. The predicted octanol–water partition coefficient (Wildman–Crippen LogP) is 1.85. The Bertz CT molecular complexity index is 471. The summed E-state index contributed by atoms with van der Waals surface area (Å²) >= 11 is 0. The third kappa shape index (κ3) is 1.22. The highest BCUT2D eigenvalue weighted by atomic mass is 16.1. The van der Waals surface area contributed by atoms with Gasteiger partial charge < -0.3 is 0 Å². The molecule has 13 heavy (non-hydrogen) atoms. The van der Waals surface area contributed by atoms with E-state index < -0.39 is 0 Å². The van der Waals surface area contributed by atoms with Crippen LogP contribution in [0.1, 0.15) is 22.8 Å². The second kappa shape index (κ2) is 2.69. The topological polar surface area (TPSA) is 34.4 Å². The van der Waals surface area contributed by atoms with Gasteiger partial charge in [0.2, 0.25) is 0 Å². The monoisotopic (exact) mass is 174 g/mol. The summed E-state index contributed by atoms with van der Waals surface area (Å²) in [4.78, 5) is 11.1. The minimum Gasteiger partial charge on any atom is -0.294 e. The minimum atomic E-state index is 0.0649. The first-order chi connectivity index (χ1) is 6.18. The standard InChI is InChI=1S/C10H10N2O/c1-7-5-11-12-6-9(8(2)13)3-4-10(7)12/h3-6H,1-2H3. The molecule has 2 aromatic rings. The first-order valence-electron chi connectivity index (χ1n) is 4.13. The number of pyridine rings is 1. The average molecular weight is 174 g/mol. The molecule has 0 aliphatic heterocycles. The third-order valence-electron chi connectivity index (χ3n) is 2.12. The van der Waals surface area contributed by atoms with Gasteiger partial charge in [-0.25, -0.2) is 4.52 Å². The number of rotatable bonds is 1. The van der Waals surface area contributed by atoms with Gasteiger partial charge >= 0.3 is 0 Å². The van der Waals surface area contributed by atoms with Crippen LogP contribution in [-0.4, -0.2) is 15.4 Å². The quantitative estimate of drug-likeness (QED) is 0.618. The van der Waals surface area contributed by atoms with Gasteiger partial charge in [-0.15, -0.1) is 0 Å². The molecule has 0 saturated heterocycles. The maximum atomic E-state index is 11.1. The first-order valence-corrected chi connectivity index (χ1v) is 4.13. The molecule has 3 heteroatoms. The summed E-state index contributed by atoms with van der Waals surface area (Å²) in [5.74, 6) is 0.0649. The van der Waals surface area contributed by atoms with Crippen LogP contribution >= 0.6 is 0 Å². The fourth-order valence-corrected chi connectivity index (χ4v) is 1.32. The van der Waals surface area contributed by atoms with Crippen molar-refractivity contribution in [3.8, 4) is 0 Å². The molecular formula is C10H10N2O. The predicted molar refractivity (Wildman–Crippen MR) is 49.9 cm³/mol. The van der Waals surface area contributed by atoms with Crippen molar-refractivity contribution in [2.45, 2.75) is 13.8 Å². The summed E-state index contributed by atoms with van der Waals surface area (Å²) in [7, 11) is 0. The van der Waals surface area contributed by atoms with E-state index in [0.29, 0.717) is 5.56 Å². The molecule has 0 N–H and O–H groups in total. The van der Waals surface area contributed by atoms with Crippen molar-refractivity contribution >= 4 is 11.3 Å². The molecule has 0 aliphatic carbocycles. The van der Waals surface area contributed by atoms with Crippen LogP contribution in [-0.2, 0) is 0 Å². The number of carbonyl (C=O) groups excluding carboxylic acids is 1. The van der Waals surface area contributed by atoms with Crippen LogP contribution in [0.3, 0.4) is 0 Å². The molecule has 0 saturated carbocycles. The lowest BCUT2D eigenvalue weighted by molar-refractivity contribution is 0.101. The average Bonchev–Trinajstić information content (AvgIpc) is 2.47. The van der Waals surface area contributed by atoms with Gasteiger partial charge in [-0.2, -0.15) is 5.10 Å². The van der Waals surface area contributed by atoms with Gasteiger partial charge in [0.15, 0.2) is 5.78 Å². The van der Waals surface area contributed by atoms with Crippen LogP contribution in [0.25, 0.3) is 5.52 Å². The zero-order valence-corrected chi connectivity index (χ0v) is 7.61. The molecule has 0 spiro atoms. The number of carbonyl (C=O) groups is 1. The second-order valence-electron chi connectivity index (χ2n) is 3.13. The zero-order chi connectivity index (χ0) is 9.42. The highest BCUT2D eigenvalue weighted by molar-refractivity contribution is 5.94.